The maximum atomic E-state index is 12.1. The summed E-state index contributed by atoms with van der Waals surface area (Å²) in [4.78, 5) is 24.3. The van der Waals surface area contributed by atoms with Crippen LogP contribution in [0.4, 0.5) is 0 Å². The molecule has 0 aliphatic heterocycles. The summed E-state index contributed by atoms with van der Waals surface area (Å²) in [6, 6.07) is 7.65. The Hall–Kier alpha value is -2.05. The van der Waals surface area contributed by atoms with Gasteiger partial charge in [0.05, 0.1) is 42.6 Å². The van der Waals surface area contributed by atoms with Crippen LogP contribution in [0, 0.1) is 0 Å². The molecule has 0 fully saturated rings. The number of rotatable bonds is 6. The largest absolute Gasteiger partial charge is 0.395 e. The van der Waals surface area contributed by atoms with Gasteiger partial charge in [0.25, 0.3) is 0 Å². The first-order valence-corrected chi connectivity index (χ1v) is 6.84. The van der Waals surface area contributed by atoms with Crippen molar-refractivity contribution in [3.63, 3.8) is 0 Å². The van der Waals surface area contributed by atoms with Crippen LogP contribution in [-0.2, 0) is 11.3 Å². The molecular weight excluding hydrogens is 268 g/mol. The Kier molecular flexibility index (Phi) is 5.19. The Labute approximate surface area is 124 Å². The van der Waals surface area contributed by atoms with E-state index in [1.54, 1.807) is 30.1 Å². The van der Waals surface area contributed by atoms with E-state index in [0.29, 0.717) is 13.1 Å². The summed E-state index contributed by atoms with van der Waals surface area (Å²) in [5.41, 5.74) is 2.43. The van der Waals surface area contributed by atoms with Crippen molar-refractivity contribution >= 4 is 16.9 Å². The van der Waals surface area contributed by atoms with Gasteiger partial charge >= 0.3 is 0 Å². The number of carbonyl (C=O) groups excluding carboxylic acids is 1. The zero-order valence-electron chi connectivity index (χ0n) is 12.4. The Balaban J connectivity index is 2.00. The molecule has 0 saturated carbocycles. The normalized spacial score (nSPS) is 11.0. The molecule has 112 valence electrons. The number of aliphatic hydroxyl groups excluding tert-OH is 1. The zero-order valence-corrected chi connectivity index (χ0v) is 12.4. The van der Waals surface area contributed by atoms with Gasteiger partial charge in [0.1, 0.15) is 0 Å². The highest BCUT2D eigenvalue weighted by molar-refractivity contribution is 5.78. The zero-order chi connectivity index (χ0) is 15.2. The molecule has 0 atom stereocenters. The molecule has 0 aliphatic carbocycles. The molecule has 6 nitrogen and oxygen atoms in total. The maximum absolute atomic E-state index is 12.1. The number of aromatic nitrogens is 2. The summed E-state index contributed by atoms with van der Waals surface area (Å²) in [6.45, 7) is 1.22. The van der Waals surface area contributed by atoms with E-state index in [1.807, 2.05) is 24.3 Å². The lowest BCUT2D eigenvalue weighted by Crippen LogP contribution is -2.37. The minimum atomic E-state index is -0.0130. The van der Waals surface area contributed by atoms with Crippen molar-refractivity contribution in [2.75, 3.05) is 33.8 Å². The molecule has 0 radical (unpaired) electrons. The van der Waals surface area contributed by atoms with Gasteiger partial charge in [0.2, 0.25) is 5.91 Å². The predicted octanol–water partition coefficient (Wildman–Crippen LogP) is 0.512. The molecule has 0 spiro atoms. The molecule has 0 bridgehead atoms. The number of aliphatic hydroxyl groups is 1. The average molecular weight is 288 g/mol. The lowest BCUT2D eigenvalue weighted by Gasteiger charge is -2.21. The molecule has 1 heterocycles. The minimum absolute atomic E-state index is 0.0130. The fraction of sp³-hybridized carbons (Fsp3) is 0.400. The molecule has 21 heavy (non-hydrogen) atoms. The quantitative estimate of drug-likeness (QED) is 0.839. The third-order valence-electron chi connectivity index (χ3n) is 3.21. The minimum Gasteiger partial charge on any atom is -0.395 e. The van der Waals surface area contributed by atoms with Crippen LogP contribution in [-0.4, -0.2) is 64.6 Å². The van der Waals surface area contributed by atoms with E-state index in [4.69, 9.17) is 5.11 Å². The van der Waals surface area contributed by atoms with Crippen molar-refractivity contribution in [2.24, 2.45) is 0 Å². The molecule has 0 unspecified atom stereocenters. The third-order valence-corrected chi connectivity index (χ3v) is 3.21. The molecule has 1 aromatic carbocycles. The second kappa shape index (κ2) is 7.10. The van der Waals surface area contributed by atoms with Crippen molar-refractivity contribution in [1.29, 1.82) is 0 Å². The lowest BCUT2D eigenvalue weighted by molar-refractivity contribution is -0.131. The Morgan fingerprint density at radius 2 is 1.95 bits per heavy atom. The van der Waals surface area contributed by atoms with E-state index in [9.17, 15) is 4.79 Å². The fourth-order valence-corrected chi connectivity index (χ4v) is 2.00. The molecule has 0 aliphatic rings. The number of hydrogen-bond donors (Lipinski definition) is 1. The van der Waals surface area contributed by atoms with Gasteiger partial charge in [-0.05, 0) is 19.2 Å². The molecular formula is C15H20N4O2. The number of nitrogens with zero attached hydrogens (tertiary/aromatic N) is 4. The van der Waals surface area contributed by atoms with Crippen molar-refractivity contribution in [2.45, 2.75) is 6.54 Å². The van der Waals surface area contributed by atoms with Crippen LogP contribution in [0.3, 0.4) is 0 Å². The van der Waals surface area contributed by atoms with Gasteiger partial charge in [-0.15, -0.1) is 0 Å². The van der Waals surface area contributed by atoms with Crippen LogP contribution < -0.4 is 0 Å². The summed E-state index contributed by atoms with van der Waals surface area (Å²) >= 11 is 0. The van der Waals surface area contributed by atoms with Crippen LogP contribution in [0.5, 0.6) is 0 Å². The highest BCUT2D eigenvalue weighted by Crippen LogP contribution is 2.09. The van der Waals surface area contributed by atoms with Crippen molar-refractivity contribution in [3.05, 3.63) is 36.2 Å². The first kappa shape index (κ1) is 15.3. The summed E-state index contributed by atoms with van der Waals surface area (Å²) in [5.74, 6) is -0.0130. The van der Waals surface area contributed by atoms with Crippen LogP contribution in [0.2, 0.25) is 0 Å². The number of amides is 1. The Bertz CT molecular complexity index is 617. The summed E-state index contributed by atoms with van der Waals surface area (Å²) in [5, 5.41) is 8.84. The summed E-state index contributed by atoms with van der Waals surface area (Å²) in [6.07, 6.45) is 1.70. The molecule has 1 aromatic heterocycles. The topological polar surface area (TPSA) is 69.6 Å². The standard InChI is InChI=1S/C15H20N4O2/c1-18(7-8-20)11-15(21)19(2)10-12-9-16-13-5-3-4-6-14(13)17-12/h3-6,9,20H,7-8,10-11H2,1-2H3. The molecule has 2 rings (SSSR count). The van der Waals surface area contributed by atoms with Crippen molar-refractivity contribution in [3.8, 4) is 0 Å². The van der Waals surface area contributed by atoms with Gasteiger partial charge in [-0.2, -0.15) is 0 Å². The van der Waals surface area contributed by atoms with Gasteiger partial charge in [0.15, 0.2) is 0 Å². The number of carbonyl (C=O) groups is 1. The smallest absolute Gasteiger partial charge is 0.236 e. The Morgan fingerprint density at radius 1 is 1.24 bits per heavy atom. The van der Waals surface area contributed by atoms with Gasteiger partial charge < -0.3 is 10.0 Å². The van der Waals surface area contributed by atoms with Crippen LogP contribution in [0.15, 0.2) is 30.5 Å². The number of benzene rings is 1. The highest BCUT2D eigenvalue weighted by atomic mass is 16.3. The van der Waals surface area contributed by atoms with E-state index in [-0.39, 0.29) is 19.1 Å². The predicted molar refractivity (Wildman–Crippen MR) is 80.6 cm³/mol. The second-order valence-corrected chi connectivity index (χ2v) is 5.06. The van der Waals surface area contributed by atoms with E-state index in [0.717, 1.165) is 16.7 Å². The first-order chi connectivity index (χ1) is 10.1. The van der Waals surface area contributed by atoms with Gasteiger partial charge in [-0.25, -0.2) is 4.98 Å². The highest BCUT2D eigenvalue weighted by Gasteiger charge is 2.12. The molecule has 1 N–H and O–H groups in total. The number of hydrogen-bond acceptors (Lipinski definition) is 5. The molecule has 6 heteroatoms. The van der Waals surface area contributed by atoms with Crippen molar-refractivity contribution in [1.82, 2.24) is 19.8 Å². The van der Waals surface area contributed by atoms with Crippen LogP contribution in [0.1, 0.15) is 5.69 Å². The van der Waals surface area contributed by atoms with Crippen molar-refractivity contribution < 1.29 is 9.90 Å². The van der Waals surface area contributed by atoms with E-state index in [2.05, 4.69) is 9.97 Å². The van der Waals surface area contributed by atoms with Gasteiger partial charge in [0, 0.05) is 13.6 Å². The summed E-state index contributed by atoms with van der Waals surface area (Å²) < 4.78 is 0. The molecule has 2 aromatic rings. The maximum Gasteiger partial charge on any atom is 0.236 e. The average Bonchev–Trinajstić information content (AvgIpc) is 2.47. The van der Waals surface area contributed by atoms with Gasteiger partial charge in [-0.1, -0.05) is 12.1 Å². The first-order valence-electron chi connectivity index (χ1n) is 6.84. The summed E-state index contributed by atoms with van der Waals surface area (Å²) in [7, 11) is 3.55. The van der Waals surface area contributed by atoms with E-state index in [1.165, 1.54) is 0 Å². The number of likely N-dealkylation sites (N-methyl/N-ethyl adjacent to an activating group) is 2. The van der Waals surface area contributed by atoms with Gasteiger partial charge in [-0.3, -0.25) is 14.7 Å². The second-order valence-electron chi connectivity index (χ2n) is 5.06. The number of para-hydroxylation sites is 2. The molecule has 1 amide bonds. The lowest BCUT2D eigenvalue weighted by atomic mass is 10.3. The van der Waals surface area contributed by atoms with Crippen LogP contribution >= 0.6 is 0 Å². The SMILES string of the molecule is CN(CCO)CC(=O)N(C)Cc1cnc2ccccc2n1. The fourth-order valence-electron chi connectivity index (χ4n) is 2.00. The van der Waals surface area contributed by atoms with E-state index >= 15 is 0 Å². The Morgan fingerprint density at radius 3 is 2.67 bits per heavy atom. The third kappa shape index (κ3) is 4.21. The van der Waals surface area contributed by atoms with Crippen LogP contribution in [0.25, 0.3) is 11.0 Å². The molecule has 0 saturated heterocycles. The number of fused-ring (bicyclic) bond motifs is 1. The van der Waals surface area contributed by atoms with E-state index < -0.39 is 0 Å². The monoisotopic (exact) mass is 288 g/mol.